The van der Waals surface area contributed by atoms with Crippen LogP contribution in [-0.4, -0.2) is 30.9 Å². The van der Waals surface area contributed by atoms with Gasteiger partial charge in [-0.2, -0.15) is 0 Å². The Bertz CT molecular complexity index is 535. The molecule has 0 aliphatic rings. The third-order valence-corrected chi connectivity index (χ3v) is 3.60. The zero-order valence-corrected chi connectivity index (χ0v) is 9.84. The largest absolute Gasteiger partial charge is 0.478 e. The van der Waals surface area contributed by atoms with Crippen LogP contribution in [-0.2, 0) is 16.4 Å². The van der Waals surface area contributed by atoms with Gasteiger partial charge in [-0.1, -0.05) is 11.6 Å². The number of carbonyl (C=O) groups is 1. The first-order valence-electron chi connectivity index (χ1n) is 4.14. The maximum Gasteiger partial charge on any atom is 0.337 e. The van der Waals surface area contributed by atoms with Crippen molar-refractivity contribution in [2.24, 2.45) is 0 Å². The number of aromatic carboxylic acids is 1. The highest BCUT2D eigenvalue weighted by molar-refractivity contribution is 7.90. The Kier molecular flexibility index (Phi) is 3.57. The number of carboxylic acid groups (broad SMARTS) is 1. The van der Waals surface area contributed by atoms with E-state index in [0.29, 0.717) is 0 Å². The van der Waals surface area contributed by atoms with Crippen molar-refractivity contribution in [2.45, 2.75) is 11.5 Å². The van der Waals surface area contributed by atoms with Crippen molar-refractivity contribution >= 4 is 27.4 Å². The van der Waals surface area contributed by atoms with Crippen LogP contribution in [0.5, 0.6) is 0 Å². The molecule has 0 spiro atoms. The highest BCUT2D eigenvalue weighted by Gasteiger charge is 2.20. The van der Waals surface area contributed by atoms with Crippen LogP contribution >= 0.6 is 11.6 Å². The van der Waals surface area contributed by atoms with E-state index in [-0.39, 0.29) is 21.0 Å². The van der Waals surface area contributed by atoms with Gasteiger partial charge in [0.2, 0.25) is 0 Å². The molecule has 16 heavy (non-hydrogen) atoms. The zero-order valence-electron chi connectivity index (χ0n) is 8.27. The number of aliphatic hydroxyl groups is 1. The summed E-state index contributed by atoms with van der Waals surface area (Å²) in [7, 11) is -3.55. The molecule has 0 heterocycles. The van der Waals surface area contributed by atoms with Crippen LogP contribution < -0.4 is 0 Å². The van der Waals surface area contributed by atoms with Gasteiger partial charge in [0.25, 0.3) is 0 Å². The number of hydrogen-bond donors (Lipinski definition) is 2. The topological polar surface area (TPSA) is 91.7 Å². The molecule has 0 fully saturated rings. The summed E-state index contributed by atoms with van der Waals surface area (Å²) in [5.74, 6) is -1.28. The molecule has 0 saturated heterocycles. The van der Waals surface area contributed by atoms with Gasteiger partial charge in [0.05, 0.1) is 22.1 Å². The van der Waals surface area contributed by atoms with Crippen LogP contribution in [0.4, 0.5) is 0 Å². The molecule has 0 aliphatic carbocycles. The van der Waals surface area contributed by atoms with Gasteiger partial charge in [-0.25, -0.2) is 13.2 Å². The second-order valence-electron chi connectivity index (χ2n) is 3.14. The van der Waals surface area contributed by atoms with E-state index >= 15 is 0 Å². The van der Waals surface area contributed by atoms with Crippen molar-refractivity contribution in [3.63, 3.8) is 0 Å². The second kappa shape index (κ2) is 4.40. The highest BCUT2D eigenvalue weighted by Crippen LogP contribution is 2.27. The third-order valence-electron chi connectivity index (χ3n) is 1.99. The molecule has 0 aromatic heterocycles. The van der Waals surface area contributed by atoms with Gasteiger partial charge < -0.3 is 10.2 Å². The number of benzene rings is 1. The summed E-state index contributed by atoms with van der Waals surface area (Å²) in [4.78, 5) is 10.6. The van der Waals surface area contributed by atoms with Crippen LogP contribution in [0.1, 0.15) is 15.9 Å². The van der Waals surface area contributed by atoms with Crippen LogP contribution in [0.2, 0.25) is 5.02 Å². The fourth-order valence-corrected chi connectivity index (χ4v) is 2.55. The van der Waals surface area contributed by atoms with Gasteiger partial charge in [0.15, 0.2) is 9.84 Å². The van der Waals surface area contributed by atoms with Crippen LogP contribution in [0.25, 0.3) is 0 Å². The average molecular weight is 265 g/mol. The van der Waals surface area contributed by atoms with Crippen molar-refractivity contribution in [2.75, 3.05) is 6.26 Å². The lowest BCUT2D eigenvalue weighted by molar-refractivity contribution is 0.0696. The van der Waals surface area contributed by atoms with Crippen LogP contribution in [0.15, 0.2) is 17.0 Å². The van der Waals surface area contributed by atoms with Crippen molar-refractivity contribution in [3.8, 4) is 0 Å². The third kappa shape index (κ3) is 2.34. The number of aliphatic hydroxyl groups excluding tert-OH is 1. The zero-order chi connectivity index (χ0) is 12.5. The maximum absolute atomic E-state index is 11.3. The van der Waals surface area contributed by atoms with Gasteiger partial charge in [-0.05, 0) is 12.1 Å². The monoisotopic (exact) mass is 264 g/mol. The molecular formula is C9H9ClO5S. The fraction of sp³-hybridized carbons (Fsp3) is 0.222. The lowest BCUT2D eigenvalue weighted by Crippen LogP contribution is -2.07. The lowest BCUT2D eigenvalue weighted by atomic mass is 10.1. The quantitative estimate of drug-likeness (QED) is 0.847. The number of rotatable bonds is 3. The Morgan fingerprint density at radius 3 is 2.38 bits per heavy atom. The van der Waals surface area contributed by atoms with E-state index in [1.807, 2.05) is 0 Å². The lowest BCUT2D eigenvalue weighted by Gasteiger charge is -2.09. The first kappa shape index (κ1) is 13.0. The highest BCUT2D eigenvalue weighted by atomic mass is 35.5. The molecule has 0 radical (unpaired) electrons. The van der Waals surface area contributed by atoms with Crippen molar-refractivity contribution in [1.82, 2.24) is 0 Å². The molecule has 0 amide bonds. The molecular weight excluding hydrogens is 256 g/mol. The van der Waals surface area contributed by atoms with E-state index in [4.69, 9.17) is 21.8 Å². The Morgan fingerprint density at radius 2 is 2.00 bits per heavy atom. The maximum atomic E-state index is 11.3. The van der Waals surface area contributed by atoms with Crippen molar-refractivity contribution < 1.29 is 23.4 Å². The van der Waals surface area contributed by atoms with E-state index in [9.17, 15) is 13.2 Å². The molecule has 0 bridgehead atoms. The molecule has 0 saturated carbocycles. The summed E-state index contributed by atoms with van der Waals surface area (Å²) in [6.45, 7) is -0.637. The fourth-order valence-electron chi connectivity index (χ4n) is 1.26. The molecule has 0 unspecified atom stereocenters. The second-order valence-corrected chi connectivity index (χ2v) is 5.50. The van der Waals surface area contributed by atoms with Gasteiger partial charge in [0.1, 0.15) is 0 Å². The molecule has 2 N–H and O–H groups in total. The minimum Gasteiger partial charge on any atom is -0.478 e. The van der Waals surface area contributed by atoms with Crippen molar-refractivity contribution in [3.05, 3.63) is 28.3 Å². The summed E-state index contributed by atoms with van der Waals surface area (Å²) in [5.41, 5.74) is -0.331. The summed E-state index contributed by atoms with van der Waals surface area (Å²) >= 11 is 5.71. The molecule has 1 rings (SSSR count). The van der Waals surface area contributed by atoms with E-state index in [0.717, 1.165) is 18.4 Å². The minimum absolute atomic E-state index is 0.0935. The molecule has 1 aromatic rings. The van der Waals surface area contributed by atoms with E-state index in [2.05, 4.69) is 0 Å². The average Bonchev–Trinajstić information content (AvgIpc) is 2.15. The first-order valence-corrected chi connectivity index (χ1v) is 6.41. The SMILES string of the molecule is CS(=O)(=O)c1ccc(C(=O)O)c(Cl)c1CO. The van der Waals surface area contributed by atoms with Gasteiger partial charge in [-0.3, -0.25) is 0 Å². The number of hydrogen-bond acceptors (Lipinski definition) is 4. The smallest absolute Gasteiger partial charge is 0.337 e. The molecule has 1 aromatic carbocycles. The summed E-state index contributed by atoms with van der Waals surface area (Å²) in [6.07, 6.45) is 0.957. The predicted molar refractivity (Wildman–Crippen MR) is 57.4 cm³/mol. The molecule has 0 aliphatic heterocycles. The standard InChI is InChI=1S/C9H9ClO5S/c1-16(14,15)7-3-2-5(9(12)13)8(10)6(7)4-11/h2-3,11H,4H2,1H3,(H,12,13). The predicted octanol–water partition coefficient (Wildman–Crippen LogP) is 0.934. The Balaban J connectivity index is 3.60. The molecule has 88 valence electrons. The number of carboxylic acids is 1. The Morgan fingerprint density at radius 1 is 1.44 bits per heavy atom. The normalized spacial score (nSPS) is 11.4. The molecule has 5 nitrogen and oxygen atoms in total. The number of halogens is 1. The van der Waals surface area contributed by atoms with Gasteiger partial charge in [0, 0.05) is 11.8 Å². The first-order chi connectivity index (χ1) is 7.29. The Hall–Kier alpha value is -1.11. The minimum atomic E-state index is -3.55. The van der Waals surface area contributed by atoms with Gasteiger partial charge >= 0.3 is 5.97 Å². The molecule has 0 atom stereocenters. The van der Waals surface area contributed by atoms with Crippen molar-refractivity contribution in [1.29, 1.82) is 0 Å². The summed E-state index contributed by atoms with van der Waals surface area (Å²) in [5, 5.41) is 17.5. The number of sulfone groups is 1. The van der Waals surface area contributed by atoms with E-state index < -0.39 is 22.4 Å². The van der Waals surface area contributed by atoms with E-state index in [1.54, 1.807) is 0 Å². The van der Waals surface area contributed by atoms with Crippen LogP contribution in [0.3, 0.4) is 0 Å². The summed E-state index contributed by atoms with van der Waals surface area (Å²) in [6, 6.07) is 2.22. The van der Waals surface area contributed by atoms with Gasteiger partial charge in [-0.15, -0.1) is 0 Å². The Labute approximate surface area is 97.2 Å². The summed E-state index contributed by atoms with van der Waals surface area (Å²) < 4.78 is 22.7. The van der Waals surface area contributed by atoms with Crippen LogP contribution in [0, 0.1) is 0 Å². The molecule has 7 heteroatoms. The van der Waals surface area contributed by atoms with E-state index in [1.165, 1.54) is 0 Å².